The molecule has 2 heteroatoms. The largest absolute Gasteiger partial charge is 0.241 e. The van der Waals surface area contributed by atoms with Crippen LogP contribution < -0.4 is 0 Å². The van der Waals surface area contributed by atoms with Crippen molar-refractivity contribution in [1.29, 1.82) is 0 Å². The smallest absolute Gasteiger partial charge is 0.0904 e. The van der Waals surface area contributed by atoms with E-state index in [4.69, 9.17) is 0 Å². The highest BCUT2D eigenvalue weighted by molar-refractivity contribution is 7.11. The molecule has 0 saturated heterocycles. The molecule has 0 aliphatic heterocycles. The fourth-order valence-corrected chi connectivity index (χ4v) is 3.22. The minimum Gasteiger partial charge on any atom is -0.241 e. The van der Waals surface area contributed by atoms with Crippen LogP contribution in [-0.4, -0.2) is 4.98 Å². The van der Waals surface area contributed by atoms with E-state index in [2.05, 4.69) is 49.2 Å². The van der Waals surface area contributed by atoms with Crippen molar-refractivity contribution in [3.63, 3.8) is 0 Å². The van der Waals surface area contributed by atoms with Gasteiger partial charge in [0.25, 0.3) is 0 Å². The van der Waals surface area contributed by atoms with Crippen LogP contribution in [0.4, 0.5) is 0 Å². The second kappa shape index (κ2) is 4.11. The van der Waals surface area contributed by atoms with Crippen molar-refractivity contribution < 1.29 is 0 Å². The molecule has 86 valence electrons. The summed E-state index contributed by atoms with van der Waals surface area (Å²) < 4.78 is 0. The molecule has 1 aromatic heterocycles. The molecule has 1 aliphatic carbocycles. The van der Waals surface area contributed by atoms with Crippen LogP contribution in [0.25, 0.3) is 17.3 Å². The van der Waals surface area contributed by atoms with Gasteiger partial charge in [-0.1, -0.05) is 24.3 Å². The molecule has 1 aromatic carbocycles. The van der Waals surface area contributed by atoms with Gasteiger partial charge < -0.3 is 0 Å². The Bertz CT molecular complexity index is 593. The van der Waals surface area contributed by atoms with Gasteiger partial charge in [-0.2, -0.15) is 0 Å². The van der Waals surface area contributed by atoms with Crippen LogP contribution >= 0.6 is 11.3 Å². The van der Waals surface area contributed by atoms with Crippen molar-refractivity contribution >= 4 is 17.4 Å². The Balaban J connectivity index is 2.10. The number of aryl methyl sites for hydroxylation is 3. The highest BCUT2D eigenvalue weighted by atomic mass is 32.1. The molecule has 17 heavy (non-hydrogen) atoms. The van der Waals surface area contributed by atoms with Crippen LogP contribution in [0.3, 0.4) is 0 Å². The summed E-state index contributed by atoms with van der Waals surface area (Å²) in [5, 5.41) is 1.15. The average molecular weight is 241 g/mol. The molecule has 2 aromatic rings. The van der Waals surface area contributed by atoms with Gasteiger partial charge in [0.1, 0.15) is 0 Å². The molecule has 0 amide bonds. The Kier molecular flexibility index (Phi) is 2.60. The number of hydrogen-bond donors (Lipinski definition) is 0. The third-order valence-electron chi connectivity index (χ3n) is 3.20. The molecule has 0 saturated carbocycles. The van der Waals surface area contributed by atoms with Crippen LogP contribution in [0, 0.1) is 13.8 Å². The van der Waals surface area contributed by atoms with Gasteiger partial charge in [0.15, 0.2) is 0 Å². The number of nitrogens with zero attached hydrogens (tertiary/aromatic N) is 1. The fraction of sp³-hybridized carbons (Fsp3) is 0.267. The number of aromatic nitrogens is 1. The predicted molar refractivity (Wildman–Crippen MR) is 74.4 cm³/mol. The van der Waals surface area contributed by atoms with E-state index in [1.165, 1.54) is 21.6 Å². The molecule has 0 unspecified atom stereocenters. The van der Waals surface area contributed by atoms with E-state index in [0.717, 1.165) is 23.5 Å². The van der Waals surface area contributed by atoms with E-state index in [1.54, 1.807) is 11.3 Å². The van der Waals surface area contributed by atoms with Gasteiger partial charge in [0.05, 0.1) is 10.7 Å². The summed E-state index contributed by atoms with van der Waals surface area (Å²) in [5.41, 5.74) is 5.24. The topological polar surface area (TPSA) is 12.9 Å². The summed E-state index contributed by atoms with van der Waals surface area (Å²) in [6.45, 7) is 4.22. The second-order valence-corrected chi connectivity index (χ2v) is 5.90. The van der Waals surface area contributed by atoms with Crippen molar-refractivity contribution in [3.8, 4) is 11.3 Å². The van der Waals surface area contributed by atoms with Crippen LogP contribution in [-0.2, 0) is 6.42 Å². The molecule has 1 heterocycles. The monoisotopic (exact) mass is 241 g/mol. The molecule has 0 N–H and O–H groups in total. The van der Waals surface area contributed by atoms with Gasteiger partial charge >= 0.3 is 0 Å². The molecule has 0 atom stereocenters. The summed E-state index contributed by atoms with van der Waals surface area (Å²) >= 11 is 1.78. The molecule has 0 fully saturated rings. The quantitative estimate of drug-likeness (QED) is 0.721. The summed E-state index contributed by atoms with van der Waals surface area (Å²) in [7, 11) is 0. The van der Waals surface area contributed by atoms with Crippen molar-refractivity contribution in [2.45, 2.75) is 26.7 Å². The number of allylic oxidation sites excluding steroid dienone is 1. The number of rotatable bonds is 1. The molecule has 1 nitrogen and oxygen atoms in total. The highest BCUT2D eigenvalue weighted by Gasteiger charge is 2.10. The lowest BCUT2D eigenvalue weighted by atomic mass is 9.94. The van der Waals surface area contributed by atoms with Gasteiger partial charge in [0, 0.05) is 10.4 Å². The Hall–Kier alpha value is -1.41. The van der Waals surface area contributed by atoms with Gasteiger partial charge in [-0.15, -0.1) is 11.3 Å². The van der Waals surface area contributed by atoms with E-state index in [0.29, 0.717) is 0 Å². The van der Waals surface area contributed by atoms with E-state index in [1.807, 2.05) is 0 Å². The summed E-state index contributed by atoms with van der Waals surface area (Å²) in [5.74, 6) is 0. The van der Waals surface area contributed by atoms with Crippen LogP contribution in [0.1, 0.15) is 27.4 Å². The minimum absolute atomic E-state index is 1.15. The van der Waals surface area contributed by atoms with Gasteiger partial charge in [-0.3, -0.25) is 0 Å². The maximum Gasteiger partial charge on any atom is 0.0904 e. The van der Waals surface area contributed by atoms with E-state index < -0.39 is 0 Å². The number of hydrogen-bond acceptors (Lipinski definition) is 2. The van der Waals surface area contributed by atoms with Gasteiger partial charge in [-0.05, 0) is 43.9 Å². The van der Waals surface area contributed by atoms with Gasteiger partial charge in [-0.25, -0.2) is 4.98 Å². The maximum atomic E-state index is 4.63. The first-order valence-corrected chi connectivity index (χ1v) is 6.79. The number of thiazole rings is 1. The lowest BCUT2D eigenvalue weighted by Crippen LogP contribution is -1.94. The molecule has 0 bridgehead atoms. The summed E-state index contributed by atoms with van der Waals surface area (Å²) in [4.78, 5) is 5.94. The van der Waals surface area contributed by atoms with Crippen molar-refractivity contribution in [2.75, 3.05) is 0 Å². The second-order valence-electron chi connectivity index (χ2n) is 4.49. The fourth-order valence-electron chi connectivity index (χ4n) is 2.38. The van der Waals surface area contributed by atoms with Crippen molar-refractivity contribution in [2.24, 2.45) is 0 Å². The highest BCUT2D eigenvalue weighted by Crippen LogP contribution is 2.30. The van der Waals surface area contributed by atoms with E-state index in [-0.39, 0.29) is 0 Å². The molecular formula is C15H15NS. The predicted octanol–water partition coefficient (Wildman–Crippen LogP) is 4.39. The third-order valence-corrected chi connectivity index (χ3v) is 4.08. The Morgan fingerprint density at radius 2 is 2.12 bits per heavy atom. The van der Waals surface area contributed by atoms with Crippen LogP contribution in [0.2, 0.25) is 0 Å². The molecule has 3 rings (SSSR count). The van der Waals surface area contributed by atoms with Gasteiger partial charge in [0.2, 0.25) is 0 Å². The first kappa shape index (κ1) is 10.7. The summed E-state index contributed by atoms with van der Waals surface area (Å²) in [6, 6.07) is 6.71. The lowest BCUT2D eigenvalue weighted by molar-refractivity contribution is 0.986. The zero-order chi connectivity index (χ0) is 11.8. The Morgan fingerprint density at radius 1 is 1.24 bits per heavy atom. The van der Waals surface area contributed by atoms with Crippen molar-refractivity contribution in [1.82, 2.24) is 4.98 Å². The van der Waals surface area contributed by atoms with Crippen LogP contribution in [0.5, 0.6) is 0 Å². The summed E-state index contributed by atoms with van der Waals surface area (Å²) in [6.07, 6.45) is 6.79. The lowest BCUT2D eigenvalue weighted by Gasteiger charge is -2.11. The minimum atomic E-state index is 1.15. The van der Waals surface area contributed by atoms with Crippen molar-refractivity contribution in [3.05, 3.63) is 45.3 Å². The zero-order valence-electron chi connectivity index (χ0n) is 10.2. The Labute approximate surface area is 106 Å². The average Bonchev–Trinajstić information content (AvgIpc) is 2.68. The molecule has 0 radical (unpaired) electrons. The Morgan fingerprint density at radius 3 is 2.88 bits per heavy atom. The normalized spacial score (nSPS) is 13.8. The third kappa shape index (κ3) is 1.93. The molecular weight excluding hydrogens is 226 g/mol. The first-order valence-electron chi connectivity index (χ1n) is 5.98. The standard InChI is InChI=1S/C15H15NS/c1-10-15(16-11(2)17-10)14-8-7-12-5-3-4-6-13(12)9-14/h3,5,7-9H,4,6H2,1-2H3. The van der Waals surface area contributed by atoms with E-state index in [9.17, 15) is 0 Å². The number of benzene rings is 1. The SMILES string of the molecule is Cc1nc(-c2ccc3c(c2)CCC=C3)c(C)s1. The maximum absolute atomic E-state index is 4.63. The van der Waals surface area contributed by atoms with Crippen LogP contribution in [0.15, 0.2) is 24.3 Å². The zero-order valence-corrected chi connectivity index (χ0v) is 11.0. The number of fused-ring (bicyclic) bond motifs is 1. The first-order chi connectivity index (χ1) is 8.24. The molecule has 1 aliphatic rings. The van der Waals surface area contributed by atoms with E-state index >= 15 is 0 Å². The molecule has 0 spiro atoms.